The number of hydrogen-bond acceptors (Lipinski definition) is 5. The van der Waals surface area contributed by atoms with Gasteiger partial charge in [-0.25, -0.2) is 9.67 Å². The second-order valence-corrected chi connectivity index (χ2v) is 5.97. The minimum Gasteiger partial charge on any atom is -0.378 e. The number of likely N-dealkylation sites (N-methyl/N-ethyl adjacent to an activating group) is 1. The molecule has 0 saturated carbocycles. The third kappa shape index (κ3) is 3.56. The van der Waals surface area contributed by atoms with Crippen LogP contribution in [0.25, 0.3) is 0 Å². The van der Waals surface area contributed by atoms with Crippen molar-refractivity contribution in [3.8, 4) is 0 Å². The first-order valence-electron chi connectivity index (χ1n) is 8.16. The first-order valence-corrected chi connectivity index (χ1v) is 8.16. The van der Waals surface area contributed by atoms with Gasteiger partial charge in [-0.15, -0.1) is 0 Å². The van der Waals surface area contributed by atoms with Gasteiger partial charge in [0.25, 0.3) is 0 Å². The van der Waals surface area contributed by atoms with Crippen LogP contribution in [0.15, 0.2) is 36.9 Å². The van der Waals surface area contributed by atoms with Gasteiger partial charge in [-0.1, -0.05) is 18.2 Å². The lowest BCUT2D eigenvalue weighted by Crippen LogP contribution is -2.38. The Morgan fingerprint density at radius 1 is 1.33 bits per heavy atom. The van der Waals surface area contributed by atoms with Gasteiger partial charge in [-0.3, -0.25) is 4.79 Å². The predicted molar refractivity (Wildman–Crippen MR) is 90.7 cm³/mol. The monoisotopic (exact) mass is 329 g/mol. The maximum Gasteiger partial charge on any atom is 0.247 e. The summed E-state index contributed by atoms with van der Waals surface area (Å²) in [7, 11) is 1.83. The molecule has 0 spiro atoms. The van der Waals surface area contributed by atoms with Crippen LogP contribution in [0.4, 0.5) is 5.69 Å². The van der Waals surface area contributed by atoms with E-state index in [4.69, 9.17) is 4.74 Å². The molecule has 1 unspecified atom stereocenters. The summed E-state index contributed by atoms with van der Waals surface area (Å²) in [5.41, 5.74) is 2.31. The lowest BCUT2D eigenvalue weighted by Gasteiger charge is -2.31. The second-order valence-electron chi connectivity index (χ2n) is 5.97. The third-order valence-electron chi connectivity index (χ3n) is 4.32. The molecule has 1 aliphatic heterocycles. The molecule has 2 heterocycles. The van der Waals surface area contributed by atoms with Crippen molar-refractivity contribution in [1.29, 1.82) is 0 Å². The maximum absolute atomic E-state index is 12.6. The molecule has 0 aliphatic carbocycles. The minimum absolute atomic E-state index is 0.0114. The number of hydrogen-bond donors (Lipinski definition) is 0. The summed E-state index contributed by atoms with van der Waals surface area (Å²) in [6.07, 6.45) is 3.01. The molecule has 1 aliphatic rings. The quantitative estimate of drug-likeness (QED) is 0.828. The van der Waals surface area contributed by atoms with Crippen molar-refractivity contribution in [2.45, 2.75) is 19.5 Å². The first kappa shape index (κ1) is 16.4. The summed E-state index contributed by atoms with van der Waals surface area (Å²) in [5, 5.41) is 4.05. The number of anilines is 1. The molecule has 1 aromatic carbocycles. The van der Waals surface area contributed by atoms with Crippen LogP contribution in [-0.2, 0) is 16.1 Å². The minimum atomic E-state index is -0.368. The van der Waals surface area contributed by atoms with Crippen molar-refractivity contribution in [2.24, 2.45) is 0 Å². The van der Waals surface area contributed by atoms with Crippen molar-refractivity contribution in [1.82, 2.24) is 19.7 Å². The fraction of sp³-hybridized carbons (Fsp3) is 0.471. The standard InChI is InChI=1S/C17H23N5O2/c1-14(22-13-18-12-19-22)17(23)20(2)11-15-5-3-4-6-16(15)21-7-9-24-10-8-21/h3-6,12-14H,7-11H2,1-2H3. The van der Waals surface area contributed by atoms with E-state index in [1.54, 1.807) is 15.9 Å². The molecular weight excluding hydrogens is 306 g/mol. The summed E-state index contributed by atoms with van der Waals surface area (Å²) >= 11 is 0. The summed E-state index contributed by atoms with van der Waals surface area (Å²) in [6.45, 7) is 5.64. The van der Waals surface area contributed by atoms with E-state index in [1.807, 2.05) is 26.1 Å². The topological polar surface area (TPSA) is 63.5 Å². The molecule has 7 nitrogen and oxygen atoms in total. The van der Waals surface area contributed by atoms with Crippen molar-refractivity contribution < 1.29 is 9.53 Å². The zero-order valence-electron chi connectivity index (χ0n) is 14.1. The molecule has 0 bridgehead atoms. The van der Waals surface area contributed by atoms with Crippen LogP contribution in [0.1, 0.15) is 18.5 Å². The normalized spacial score (nSPS) is 16.0. The van der Waals surface area contributed by atoms with Gasteiger partial charge in [0.05, 0.1) is 13.2 Å². The first-order chi connectivity index (χ1) is 11.7. The molecule has 1 atom stereocenters. The largest absolute Gasteiger partial charge is 0.378 e. The van der Waals surface area contributed by atoms with Gasteiger partial charge >= 0.3 is 0 Å². The van der Waals surface area contributed by atoms with E-state index in [9.17, 15) is 4.79 Å². The highest BCUT2D eigenvalue weighted by atomic mass is 16.5. The van der Waals surface area contributed by atoms with Crippen molar-refractivity contribution in [3.05, 3.63) is 42.5 Å². The summed E-state index contributed by atoms with van der Waals surface area (Å²) in [6, 6.07) is 7.87. The smallest absolute Gasteiger partial charge is 0.247 e. The summed E-state index contributed by atoms with van der Waals surface area (Å²) < 4.78 is 7.01. The number of morpholine rings is 1. The van der Waals surface area contributed by atoms with E-state index in [0.29, 0.717) is 6.54 Å². The van der Waals surface area contributed by atoms with E-state index in [2.05, 4.69) is 27.1 Å². The van der Waals surface area contributed by atoms with Crippen LogP contribution in [0.2, 0.25) is 0 Å². The average Bonchev–Trinajstić information content (AvgIpc) is 3.16. The summed E-state index contributed by atoms with van der Waals surface area (Å²) in [5.74, 6) is 0.0114. The van der Waals surface area contributed by atoms with Crippen LogP contribution in [0.3, 0.4) is 0 Å². The van der Waals surface area contributed by atoms with Gasteiger partial charge in [0, 0.05) is 32.4 Å². The number of amides is 1. The Kier molecular flexibility index (Phi) is 5.10. The number of para-hydroxylation sites is 1. The Morgan fingerprint density at radius 3 is 2.79 bits per heavy atom. The van der Waals surface area contributed by atoms with Crippen LogP contribution in [-0.4, -0.2) is 58.9 Å². The molecule has 2 aromatic rings. The molecule has 0 radical (unpaired) electrons. The van der Waals surface area contributed by atoms with E-state index >= 15 is 0 Å². The van der Waals surface area contributed by atoms with Gasteiger partial charge in [0.2, 0.25) is 5.91 Å². The fourth-order valence-electron chi connectivity index (χ4n) is 2.94. The molecule has 1 saturated heterocycles. The number of rotatable bonds is 5. The molecule has 24 heavy (non-hydrogen) atoms. The highest BCUT2D eigenvalue weighted by molar-refractivity contribution is 5.79. The Bertz CT molecular complexity index is 667. The van der Waals surface area contributed by atoms with Gasteiger partial charge in [0.1, 0.15) is 18.7 Å². The molecule has 1 amide bonds. The molecule has 7 heteroatoms. The van der Waals surface area contributed by atoms with Crippen LogP contribution in [0.5, 0.6) is 0 Å². The van der Waals surface area contributed by atoms with E-state index in [0.717, 1.165) is 31.9 Å². The molecule has 1 aromatic heterocycles. The fourth-order valence-corrected chi connectivity index (χ4v) is 2.94. The number of ether oxygens (including phenoxy) is 1. The zero-order valence-corrected chi connectivity index (χ0v) is 14.1. The van der Waals surface area contributed by atoms with Crippen LogP contribution in [0, 0.1) is 0 Å². The lowest BCUT2D eigenvalue weighted by molar-refractivity contribution is -0.133. The number of carbonyl (C=O) groups is 1. The van der Waals surface area contributed by atoms with Gasteiger partial charge in [-0.2, -0.15) is 5.10 Å². The summed E-state index contributed by atoms with van der Waals surface area (Å²) in [4.78, 5) is 20.6. The molecular formula is C17H23N5O2. The molecule has 3 rings (SSSR count). The highest BCUT2D eigenvalue weighted by Gasteiger charge is 2.21. The van der Waals surface area contributed by atoms with Crippen molar-refractivity contribution in [3.63, 3.8) is 0 Å². The molecule has 0 N–H and O–H groups in total. The Morgan fingerprint density at radius 2 is 2.08 bits per heavy atom. The van der Waals surface area contributed by atoms with Crippen LogP contribution < -0.4 is 4.90 Å². The van der Waals surface area contributed by atoms with E-state index in [1.165, 1.54) is 12.0 Å². The number of nitrogens with zero attached hydrogens (tertiary/aromatic N) is 5. The number of aromatic nitrogens is 3. The maximum atomic E-state index is 12.6. The predicted octanol–water partition coefficient (Wildman–Crippen LogP) is 1.33. The Labute approximate surface area is 141 Å². The van der Waals surface area contributed by atoms with E-state index in [-0.39, 0.29) is 11.9 Å². The second kappa shape index (κ2) is 7.44. The average molecular weight is 329 g/mol. The van der Waals surface area contributed by atoms with Crippen molar-refractivity contribution in [2.75, 3.05) is 38.3 Å². The number of carbonyl (C=O) groups excluding carboxylic acids is 1. The Balaban J connectivity index is 1.72. The SMILES string of the molecule is CC(C(=O)N(C)Cc1ccccc1N1CCOCC1)n1cncn1. The zero-order chi connectivity index (χ0) is 16.9. The van der Waals surface area contributed by atoms with Crippen molar-refractivity contribution >= 4 is 11.6 Å². The highest BCUT2D eigenvalue weighted by Crippen LogP contribution is 2.23. The molecule has 1 fully saturated rings. The van der Waals surface area contributed by atoms with Gasteiger partial charge < -0.3 is 14.5 Å². The van der Waals surface area contributed by atoms with E-state index < -0.39 is 0 Å². The third-order valence-corrected chi connectivity index (χ3v) is 4.32. The van der Waals surface area contributed by atoms with Gasteiger partial charge in [-0.05, 0) is 18.6 Å². The molecule has 128 valence electrons. The number of benzene rings is 1. The van der Waals surface area contributed by atoms with Gasteiger partial charge in [0.15, 0.2) is 0 Å². The van der Waals surface area contributed by atoms with Crippen LogP contribution >= 0.6 is 0 Å². The lowest BCUT2D eigenvalue weighted by atomic mass is 10.1. The Hall–Kier alpha value is -2.41.